The van der Waals surface area contributed by atoms with E-state index < -0.39 is 11.7 Å². The summed E-state index contributed by atoms with van der Waals surface area (Å²) in [6.07, 6.45) is -0.0406. The maximum Gasteiger partial charge on any atom is 0.420 e. The van der Waals surface area contributed by atoms with Crippen molar-refractivity contribution in [2.24, 2.45) is 0 Å². The highest BCUT2D eigenvalue weighted by Crippen LogP contribution is 2.42. The molecule has 4 rings (SSSR count). The van der Waals surface area contributed by atoms with Gasteiger partial charge in [-0.2, -0.15) is 13.2 Å². The first kappa shape index (κ1) is 27.3. The zero-order valence-electron chi connectivity index (χ0n) is 21.2. The topological polar surface area (TPSA) is 61.4 Å². The number of thiophene rings is 1. The predicted octanol–water partition coefficient (Wildman–Crippen LogP) is 6.62. The summed E-state index contributed by atoms with van der Waals surface area (Å²) in [7, 11) is 3.90. The molecule has 2 aromatic heterocycles. The number of carbonyl (C=O) groups is 1. The molecule has 1 amide bonds. The normalized spacial score (nSPS) is 13.5. The Morgan fingerprint density at radius 3 is 2.62 bits per heavy atom. The first-order valence-corrected chi connectivity index (χ1v) is 13.9. The Morgan fingerprint density at radius 1 is 1.24 bits per heavy atom. The first-order valence-electron chi connectivity index (χ1n) is 12.1. The van der Waals surface area contributed by atoms with Gasteiger partial charge in [-0.25, -0.2) is 9.97 Å². The average molecular weight is 550 g/mol. The maximum absolute atomic E-state index is 13.9. The standard InChI is InChI=1S/C26H30F3N5OS2/c1-5-17-12-19(33(3)4)8-9-21(17)31-25-30-14-20(26(27,28)29)24(32-25)23-13-22(16(2)37-23)36-11-10-34(15-35)18-6-7-18/h8-9,12-15,18H,5-7,10-11H2,1-4H3,(H,30,31,32). The van der Waals surface area contributed by atoms with Crippen LogP contribution < -0.4 is 10.2 Å². The van der Waals surface area contributed by atoms with Gasteiger partial charge in [0.1, 0.15) is 5.56 Å². The molecule has 0 bridgehead atoms. The van der Waals surface area contributed by atoms with E-state index in [9.17, 15) is 18.0 Å². The van der Waals surface area contributed by atoms with E-state index >= 15 is 0 Å². The fourth-order valence-corrected chi connectivity index (χ4v) is 6.17. The molecule has 11 heteroatoms. The van der Waals surface area contributed by atoms with Gasteiger partial charge in [0.15, 0.2) is 0 Å². The van der Waals surface area contributed by atoms with Crippen LogP contribution in [0.4, 0.5) is 30.5 Å². The lowest BCUT2D eigenvalue weighted by Gasteiger charge is -2.17. The fraction of sp³-hybridized carbons (Fsp3) is 0.423. The summed E-state index contributed by atoms with van der Waals surface area (Å²) < 4.78 is 41.7. The molecule has 3 aromatic rings. The van der Waals surface area contributed by atoms with Gasteiger partial charge >= 0.3 is 6.18 Å². The summed E-state index contributed by atoms with van der Waals surface area (Å²) in [5, 5.41) is 3.12. The minimum absolute atomic E-state index is 0.113. The van der Waals surface area contributed by atoms with Crippen LogP contribution in [-0.2, 0) is 17.4 Å². The Bertz CT molecular complexity index is 1260. The van der Waals surface area contributed by atoms with Crippen molar-refractivity contribution in [2.45, 2.75) is 50.2 Å². The van der Waals surface area contributed by atoms with Gasteiger partial charge in [0.2, 0.25) is 12.4 Å². The van der Waals surface area contributed by atoms with Crippen molar-refractivity contribution in [3.05, 3.63) is 46.5 Å². The molecule has 0 atom stereocenters. The molecule has 1 fully saturated rings. The number of aryl methyl sites for hydroxylation is 2. The SMILES string of the molecule is CCc1cc(N(C)C)ccc1Nc1ncc(C(F)(F)F)c(-c2cc(SCCN(C=O)C3CC3)c(C)s2)n1. The zero-order valence-corrected chi connectivity index (χ0v) is 22.9. The third kappa shape index (κ3) is 6.56. The van der Waals surface area contributed by atoms with E-state index in [-0.39, 0.29) is 11.6 Å². The van der Waals surface area contributed by atoms with Gasteiger partial charge in [0.25, 0.3) is 0 Å². The largest absolute Gasteiger partial charge is 0.420 e. The number of nitrogens with one attached hydrogen (secondary N) is 1. The van der Waals surface area contributed by atoms with E-state index in [1.807, 2.05) is 51.0 Å². The molecule has 1 saturated carbocycles. The van der Waals surface area contributed by atoms with E-state index in [2.05, 4.69) is 15.3 Å². The second-order valence-electron chi connectivity index (χ2n) is 9.12. The summed E-state index contributed by atoms with van der Waals surface area (Å²) in [5.74, 6) is 0.791. The molecule has 0 radical (unpaired) electrons. The lowest BCUT2D eigenvalue weighted by atomic mass is 10.1. The quantitative estimate of drug-likeness (QED) is 0.214. The minimum Gasteiger partial charge on any atom is -0.378 e. The summed E-state index contributed by atoms with van der Waals surface area (Å²) in [6, 6.07) is 7.97. The van der Waals surface area contributed by atoms with Crippen molar-refractivity contribution >= 4 is 46.8 Å². The van der Waals surface area contributed by atoms with Gasteiger partial charge in [0.05, 0.1) is 10.6 Å². The Morgan fingerprint density at radius 2 is 2.00 bits per heavy atom. The molecule has 1 aliphatic carbocycles. The lowest BCUT2D eigenvalue weighted by Crippen LogP contribution is -2.26. The smallest absolute Gasteiger partial charge is 0.378 e. The number of alkyl halides is 3. The molecule has 37 heavy (non-hydrogen) atoms. The van der Waals surface area contributed by atoms with Crippen molar-refractivity contribution in [1.29, 1.82) is 0 Å². The Balaban J connectivity index is 1.60. The van der Waals surface area contributed by atoms with E-state index in [1.54, 1.807) is 22.7 Å². The highest BCUT2D eigenvalue weighted by Gasteiger charge is 2.36. The monoisotopic (exact) mass is 549 g/mol. The van der Waals surface area contributed by atoms with Gasteiger partial charge in [-0.05, 0) is 56.0 Å². The third-order valence-corrected chi connectivity index (χ3v) is 8.50. The van der Waals surface area contributed by atoms with Crippen LogP contribution in [0.1, 0.15) is 35.8 Å². The van der Waals surface area contributed by atoms with Crippen molar-refractivity contribution in [3.8, 4) is 10.6 Å². The molecule has 1 aliphatic rings. The number of rotatable bonds is 11. The molecular formula is C26H30F3N5OS2. The molecule has 0 saturated heterocycles. The molecule has 1 aromatic carbocycles. The predicted molar refractivity (Wildman–Crippen MR) is 145 cm³/mol. The molecule has 198 valence electrons. The van der Waals surface area contributed by atoms with Crippen molar-refractivity contribution in [1.82, 2.24) is 14.9 Å². The number of halogens is 3. The van der Waals surface area contributed by atoms with Crippen molar-refractivity contribution < 1.29 is 18.0 Å². The highest BCUT2D eigenvalue weighted by molar-refractivity contribution is 7.99. The highest BCUT2D eigenvalue weighted by atomic mass is 32.2. The minimum atomic E-state index is -4.59. The summed E-state index contributed by atoms with van der Waals surface area (Å²) in [6.45, 7) is 4.53. The van der Waals surface area contributed by atoms with Crippen molar-refractivity contribution in [2.75, 3.05) is 36.6 Å². The van der Waals surface area contributed by atoms with Crippen LogP contribution in [0.15, 0.2) is 35.4 Å². The Hall–Kier alpha value is -2.79. The van der Waals surface area contributed by atoms with Crippen LogP contribution in [0.5, 0.6) is 0 Å². The lowest BCUT2D eigenvalue weighted by molar-refractivity contribution is -0.137. The number of carbonyl (C=O) groups excluding carboxylic acids is 1. The van der Waals surface area contributed by atoms with E-state index in [0.717, 1.165) is 58.6 Å². The number of hydrogen-bond donors (Lipinski definition) is 1. The Kier molecular flexibility index (Phi) is 8.33. The van der Waals surface area contributed by atoms with Crippen LogP contribution in [0.2, 0.25) is 0 Å². The number of anilines is 3. The number of hydrogen-bond acceptors (Lipinski definition) is 7. The van der Waals surface area contributed by atoms with Crippen LogP contribution >= 0.6 is 23.1 Å². The zero-order chi connectivity index (χ0) is 26.7. The molecule has 2 heterocycles. The van der Waals surface area contributed by atoms with Crippen molar-refractivity contribution in [3.63, 3.8) is 0 Å². The van der Waals surface area contributed by atoms with Gasteiger partial charge in [-0.15, -0.1) is 23.1 Å². The summed E-state index contributed by atoms with van der Waals surface area (Å²) in [5.41, 5.74) is 1.80. The molecule has 1 N–H and O–H groups in total. The maximum atomic E-state index is 13.9. The second-order valence-corrected chi connectivity index (χ2v) is 11.5. The van der Waals surface area contributed by atoms with E-state index in [1.165, 1.54) is 11.3 Å². The first-order chi connectivity index (χ1) is 17.6. The van der Waals surface area contributed by atoms with Crippen LogP contribution in [0.25, 0.3) is 10.6 Å². The number of thioether (sulfide) groups is 1. The number of nitrogens with zero attached hydrogens (tertiary/aromatic N) is 4. The van der Waals surface area contributed by atoms with Crippen LogP contribution in [0, 0.1) is 6.92 Å². The molecular weight excluding hydrogens is 519 g/mol. The van der Waals surface area contributed by atoms with Crippen LogP contribution in [-0.4, -0.2) is 53.7 Å². The van der Waals surface area contributed by atoms with E-state index in [4.69, 9.17) is 0 Å². The average Bonchev–Trinajstić information content (AvgIpc) is 3.63. The van der Waals surface area contributed by atoms with Gasteiger partial charge in [0, 0.05) is 59.8 Å². The van der Waals surface area contributed by atoms with Crippen LogP contribution in [0.3, 0.4) is 0 Å². The van der Waals surface area contributed by atoms with Gasteiger partial charge < -0.3 is 15.1 Å². The van der Waals surface area contributed by atoms with E-state index in [0.29, 0.717) is 23.2 Å². The van der Waals surface area contributed by atoms with Gasteiger partial charge in [-0.3, -0.25) is 4.79 Å². The summed E-state index contributed by atoms with van der Waals surface area (Å²) in [4.78, 5) is 25.6. The Labute approximate surface area is 223 Å². The molecule has 6 nitrogen and oxygen atoms in total. The fourth-order valence-electron chi connectivity index (χ4n) is 3.94. The third-order valence-electron chi connectivity index (χ3n) is 6.19. The molecule has 0 aliphatic heterocycles. The summed E-state index contributed by atoms with van der Waals surface area (Å²) >= 11 is 2.83. The van der Waals surface area contributed by atoms with Gasteiger partial charge in [-0.1, -0.05) is 6.92 Å². The second kappa shape index (κ2) is 11.3. The molecule has 0 spiro atoms. The number of aromatic nitrogens is 2. The number of benzene rings is 1. The molecule has 0 unspecified atom stereocenters. The number of amides is 1.